The van der Waals surface area contributed by atoms with Gasteiger partial charge < -0.3 is 20.1 Å². The molecule has 0 spiro atoms. The Labute approximate surface area is 175 Å². The molecule has 3 aromatic carbocycles. The first-order valence-corrected chi connectivity index (χ1v) is 9.63. The van der Waals surface area contributed by atoms with Crippen molar-refractivity contribution in [2.24, 2.45) is 0 Å². The van der Waals surface area contributed by atoms with Crippen LogP contribution in [0, 0.1) is 0 Å². The highest BCUT2D eigenvalue weighted by atomic mass is 16.5. The highest BCUT2D eigenvalue weighted by Crippen LogP contribution is 2.25. The minimum absolute atomic E-state index is 0.103. The number of amides is 2. The Morgan fingerprint density at radius 1 is 0.767 bits per heavy atom. The summed E-state index contributed by atoms with van der Waals surface area (Å²) in [6.07, 6.45) is 0. The summed E-state index contributed by atoms with van der Waals surface area (Å²) < 4.78 is 10.8. The number of ether oxygens (including phenoxy) is 2. The molecule has 0 aliphatic rings. The van der Waals surface area contributed by atoms with Gasteiger partial charge in [-0.25, -0.2) is 0 Å². The van der Waals surface area contributed by atoms with E-state index in [1.165, 1.54) is 0 Å². The van der Waals surface area contributed by atoms with Gasteiger partial charge in [-0.3, -0.25) is 9.59 Å². The van der Waals surface area contributed by atoms with Gasteiger partial charge in [0.2, 0.25) is 5.91 Å². The van der Waals surface area contributed by atoms with Crippen LogP contribution in [0.15, 0.2) is 78.9 Å². The first-order chi connectivity index (χ1) is 14.7. The third kappa shape index (κ3) is 5.85. The van der Waals surface area contributed by atoms with Gasteiger partial charge in [0, 0.05) is 5.56 Å². The van der Waals surface area contributed by atoms with Gasteiger partial charge in [-0.2, -0.15) is 0 Å². The molecular weight excluding hydrogens is 380 g/mol. The molecule has 30 heavy (non-hydrogen) atoms. The molecule has 0 bridgehead atoms. The summed E-state index contributed by atoms with van der Waals surface area (Å²) in [5, 5.41) is 5.33. The van der Waals surface area contributed by atoms with Gasteiger partial charge in [0.1, 0.15) is 6.61 Å². The normalized spacial score (nSPS) is 10.2. The van der Waals surface area contributed by atoms with Crippen molar-refractivity contribution >= 4 is 11.8 Å². The molecule has 0 unspecified atom stereocenters. The average molecular weight is 404 g/mol. The number of benzene rings is 3. The molecule has 6 nitrogen and oxygen atoms in total. The van der Waals surface area contributed by atoms with Crippen LogP contribution in [0.4, 0.5) is 0 Å². The van der Waals surface area contributed by atoms with Crippen LogP contribution in [0.3, 0.4) is 0 Å². The molecule has 2 N–H and O–H groups in total. The maximum Gasteiger partial charge on any atom is 0.251 e. The standard InChI is InChI=1S/C24H24N2O4/c1-29-21-9-5-6-10-22(21)30-16-15-25-23(27)17-26-24(28)20-13-11-19(12-14-20)18-7-3-2-4-8-18/h2-14H,15-17H2,1H3,(H,25,27)(H,26,28). The minimum Gasteiger partial charge on any atom is -0.493 e. The highest BCUT2D eigenvalue weighted by molar-refractivity contribution is 5.96. The lowest BCUT2D eigenvalue weighted by Gasteiger charge is -2.11. The maximum atomic E-state index is 12.3. The predicted octanol–water partition coefficient (Wildman–Crippen LogP) is 3.29. The summed E-state index contributed by atoms with van der Waals surface area (Å²) in [6, 6.07) is 24.5. The lowest BCUT2D eigenvalue weighted by molar-refractivity contribution is -0.120. The van der Waals surface area contributed by atoms with Crippen molar-refractivity contribution in [1.82, 2.24) is 10.6 Å². The fraction of sp³-hybridized carbons (Fsp3) is 0.167. The number of methoxy groups -OCH3 is 1. The van der Waals surface area contributed by atoms with Crippen molar-refractivity contribution in [2.45, 2.75) is 0 Å². The quantitative estimate of drug-likeness (QED) is 0.537. The smallest absolute Gasteiger partial charge is 0.251 e. The zero-order valence-corrected chi connectivity index (χ0v) is 16.8. The number of hydrogen-bond acceptors (Lipinski definition) is 4. The Bertz CT molecular complexity index is 972. The summed E-state index contributed by atoms with van der Waals surface area (Å²) in [5.41, 5.74) is 2.61. The van der Waals surface area contributed by atoms with Gasteiger partial charge in [-0.05, 0) is 35.4 Å². The summed E-state index contributed by atoms with van der Waals surface area (Å²) >= 11 is 0. The lowest BCUT2D eigenvalue weighted by Crippen LogP contribution is -2.38. The third-order valence-electron chi connectivity index (χ3n) is 4.41. The molecule has 0 atom stereocenters. The van der Waals surface area contributed by atoms with Crippen LogP contribution in [-0.4, -0.2) is 38.6 Å². The molecule has 0 radical (unpaired) electrons. The Balaban J connectivity index is 1.39. The van der Waals surface area contributed by atoms with Gasteiger partial charge in [0.25, 0.3) is 5.91 Å². The molecule has 3 aromatic rings. The molecule has 0 aromatic heterocycles. The summed E-state index contributed by atoms with van der Waals surface area (Å²) in [6.45, 7) is 0.507. The van der Waals surface area contributed by atoms with Crippen LogP contribution < -0.4 is 20.1 Å². The second-order valence-electron chi connectivity index (χ2n) is 6.48. The molecule has 0 heterocycles. The Kier molecular flexibility index (Phi) is 7.44. The molecule has 0 aliphatic carbocycles. The van der Waals surface area contributed by atoms with E-state index in [0.29, 0.717) is 30.2 Å². The van der Waals surface area contributed by atoms with Crippen molar-refractivity contribution in [1.29, 1.82) is 0 Å². The predicted molar refractivity (Wildman–Crippen MR) is 116 cm³/mol. The molecule has 0 aliphatic heterocycles. The van der Waals surface area contributed by atoms with E-state index in [2.05, 4.69) is 10.6 Å². The molecule has 2 amide bonds. The lowest BCUT2D eigenvalue weighted by atomic mass is 10.0. The van der Waals surface area contributed by atoms with Crippen LogP contribution in [0.5, 0.6) is 11.5 Å². The Morgan fingerprint density at radius 2 is 1.40 bits per heavy atom. The van der Waals surface area contributed by atoms with Crippen molar-refractivity contribution in [3.8, 4) is 22.6 Å². The van der Waals surface area contributed by atoms with E-state index < -0.39 is 0 Å². The third-order valence-corrected chi connectivity index (χ3v) is 4.41. The summed E-state index contributed by atoms with van der Waals surface area (Å²) in [7, 11) is 1.57. The molecule has 0 saturated heterocycles. The summed E-state index contributed by atoms with van der Waals surface area (Å²) in [5.74, 6) is 0.666. The monoisotopic (exact) mass is 404 g/mol. The first kappa shape index (κ1) is 20.9. The van der Waals surface area contributed by atoms with Crippen LogP contribution in [0.1, 0.15) is 10.4 Å². The zero-order chi connectivity index (χ0) is 21.2. The molecular formula is C24H24N2O4. The number of hydrogen-bond donors (Lipinski definition) is 2. The van der Waals surface area contributed by atoms with Crippen molar-refractivity contribution in [3.63, 3.8) is 0 Å². The van der Waals surface area contributed by atoms with E-state index in [0.717, 1.165) is 11.1 Å². The van der Waals surface area contributed by atoms with Crippen LogP contribution >= 0.6 is 0 Å². The molecule has 0 saturated carbocycles. The summed E-state index contributed by atoms with van der Waals surface area (Å²) in [4.78, 5) is 24.2. The van der Waals surface area contributed by atoms with Gasteiger partial charge in [0.05, 0.1) is 20.2 Å². The van der Waals surface area contributed by atoms with E-state index in [1.807, 2.05) is 54.6 Å². The fourth-order valence-electron chi connectivity index (χ4n) is 2.86. The van der Waals surface area contributed by atoms with E-state index >= 15 is 0 Å². The Morgan fingerprint density at radius 3 is 2.10 bits per heavy atom. The van der Waals surface area contributed by atoms with Gasteiger partial charge in [-0.1, -0.05) is 54.6 Å². The van der Waals surface area contributed by atoms with Crippen molar-refractivity contribution in [3.05, 3.63) is 84.4 Å². The number of carbonyl (C=O) groups excluding carboxylic acids is 2. The largest absolute Gasteiger partial charge is 0.493 e. The average Bonchev–Trinajstić information content (AvgIpc) is 2.81. The zero-order valence-electron chi connectivity index (χ0n) is 16.8. The van der Waals surface area contributed by atoms with E-state index in [4.69, 9.17) is 9.47 Å². The van der Waals surface area contributed by atoms with E-state index in [1.54, 1.807) is 31.4 Å². The van der Waals surface area contributed by atoms with Crippen LogP contribution in [-0.2, 0) is 4.79 Å². The van der Waals surface area contributed by atoms with Crippen LogP contribution in [0.25, 0.3) is 11.1 Å². The van der Waals surface area contributed by atoms with Crippen molar-refractivity contribution < 1.29 is 19.1 Å². The second-order valence-corrected chi connectivity index (χ2v) is 6.48. The number of para-hydroxylation sites is 2. The first-order valence-electron chi connectivity index (χ1n) is 9.63. The van der Waals surface area contributed by atoms with Gasteiger partial charge in [-0.15, -0.1) is 0 Å². The number of nitrogens with one attached hydrogen (secondary N) is 2. The topological polar surface area (TPSA) is 76.7 Å². The fourth-order valence-corrected chi connectivity index (χ4v) is 2.86. The van der Waals surface area contributed by atoms with Crippen molar-refractivity contribution in [2.75, 3.05) is 26.8 Å². The Hall–Kier alpha value is -3.80. The minimum atomic E-state index is -0.296. The highest BCUT2D eigenvalue weighted by Gasteiger charge is 2.09. The molecule has 0 fully saturated rings. The van der Waals surface area contributed by atoms with E-state index in [-0.39, 0.29) is 18.4 Å². The molecule has 3 rings (SSSR count). The SMILES string of the molecule is COc1ccccc1OCCNC(=O)CNC(=O)c1ccc(-c2ccccc2)cc1. The molecule has 6 heteroatoms. The van der Waals surface area contributed by atoms with Crippen LogP contribution in [0.2, 0.25) is 0 Å². The molecule has 154 valence electrons. The maximum absolute atomic E-state index is 12.3. The number of rotatable bonds is 9. The second kappa shape index (κ2) is 10.7. The van der Waals surface area contributed by atoms with E-state index in [9.17, 15) is 9.59 Å². The van der Waals surface area contributed by atoms with Gasteiger partial charge in [0.15, 0.2) is 11.5 Å². The number of carbonyl (C=O) groups is 2. The van der Waals surface area contributed by atoms with Gasteiger partial charge >= 0.3 is 0 Å².